The molecule has 2 rings (SSSR count). The SMILES string of the molecule is CN(CC1CC1)C(=O)Nc1sccc1C(=O)O. The van der Waals surface area contributed by atoms with E-state index in [0.717, 1.165) is 6.54 Å². The van der Waals surface area contributed by atoms with Gasteiger partial charge >= 0.3 is 12.0 Å². The molecule has 0 aromatic carbocycles. The van der Waals surface area contributed by atoms with Crippen LogP contribution in [0.5, 0.6) is 0 Å². The molecule has 1 aliphatic rings. The van der Waals surface area contributed by atoms with Gasteiger partial charge in [-0.3, -0.25) is 5.32 Å². The summed E-state index contributed by atoms with van der Waals surface area (Å²) >= 11 is 1.22. The maximum absolute atomic E-state index is 11.8. The first kappa shape index (κ1) is 11.9. The Morgan fingerprint density at radius 1 is 1.59 bits per heavy atom. The molecule has 92 valence electrons. The zero-order valence-corrected chi connectivity index (χ0v) is 10.3. The quantitative estimate of drug-likeness (QED) is 0.866. The number of aromatic carboxylic acids is 1. The van der Waals surface area contributed by atoms with Gasteiger partial charge in [-0.2, -0.15) is 0 Å². The van der Waals surface area contributed by atoms with Crippen molar-refractivity contribution >= 4 is 28.3 Å². The fraction of sp³-hybridized carbons (Fsp3) is 0.455. The Labute approximate surface area is 103 Å². The molecule has 5 nitrogen and oxygen atoms in total. The summed E-state index contributed by atoms with van der Waals surface area (Å²) in [5, 5.41) is 13.6. The van der Waals surface area contributed by atoms with Crippen LogP contribution < -0.4 is 5.32 Å². The largest absolute Gasteiger partial charge is 0.478 e. The van der Waals surface area contributed by atoms with E-state index < -0.39 is 5.97 Å². The molecule has 0 saturated heterocycles. The molecule has 0 unspecified atom stereocenters. The van der Waals surface area contributed by atoms with Crippen molar-refractivity contribution in [1.82, 2.24) is 4.90 Å². The van der Waals surface area contributed by atoms with Crippen LogP contribution in [0.2, 0.25) is 0 Å². The average molecular weight is 254 g/mol. The first-order chi connectivity index (χ1) is 8.08. The maximum atomic E-state index is 11.8. The van der Waals surface area contributed by atoms with Crippen molar-refractivity contribution in [3.8, 4) is 0 Å². The van der Waals surface area contributed by atoms with Crippen LogP contribution in [0.25, 0.3) is 0 Å². The molecule has 2 N–H and O–H groups in total. The van der Waals surface area contributed by atoms with E-state index in [9.17, 15) is 9.59 Å². The number of thiophene rings is 1. The van der Waals surface area contributed by atoms with Gasteiger partial charge in [-0.1, -0.05) is 0 Å². The highest BCUT2D eigenvalue weighted by Crippen LogP contribution is 2.29. The molecule has 0 spiro atoms. The van der Waals surface area contributed by atoms with Gasteiger partial charge < -0.3 is 10.0 Å². The number of carboxylic acid groups (broad SMARTS) is 1. The second-order valence-corrected chi connectivity index (χ2v) is 5.14. The van der Waals surface area contributed by atoms with Crippen molar-refractivity contribution in [3.63, 3.8) is 0 Å². The molecule has 0 radical (unpaired) electrons. The summed E-state index contributed by atoms with van der Waals surface area (Å²) in [4.78, 5) is 24.2. The van der Waals surface area contributed by atoms with Gasteiger partial charge in [0.25, 0.3) is 0 Å². The monoisotopic (exact) mass is 254 g/mol. The summed E-state index contributed by atoms with van der Waals surface area (Å²) in [7, 11) is 1.72. The molecule has 1 aliphatic carbocycles. The van der Waals surface area contributed by atoms with Gasteiger partial charge in [-0.05, 0) is 30.2 Å². The van der Waals surface area contributed by atoms with E-state index in [1.165, 1.54) is 30.2 Å². The molecular weight excluding hydrogens is 240 g/mol. The second-order valence-electron chi connectivity index (χ2n) is 4.22. The van der Waals surface area contributed by atoms with E-state index in [1.807, 2.05) is 0 Å². The molecule has 2 amide bonds. The number of carbonyl (C=O) groups is 2. The lowest BCUT2D eigenvalue weighted by Gasteiger charge is -2.17. The summed E-state index contributed by atoms with van der Waals surface area (Å²) in [6.45, 7) is 0.736. The number of anilines is 1. The minimum Gasteiger partial charge on any atom is -0.478 e. The molecule has 0 aliphatic heterocycles. The summed E-state index contributed by atoms with van der Waals surface area (Å²) in [5.41, 5.74) is 0.142. The molecule has 1 saturated carbocycles. The van der Waals surface area contributed by atoms with Crippen molar-refractivity contribution < 1.29 is 14.7 Å². The van der Waals surface area contributed by atoms with Gasteiger partial charge in [0.2, 0.25) is 0 Å². The summed E-state index contributed by atoms with van der Waals surface area (Å²) in [6.07, 6.45) is 2.36. The van der Waals surface area contributed by atoms with Crippen molar-refractivity contribution in [3.05, 3.63) is 17.0 Å². The molecule has 6 heteroatoms. The number of nitrogens with zero attached hydrogens (tertiary/aromatic N) is 1. The second kappa shape index (κ2) is 4.75. The number of urea groups is 1. The van der Waals surface area contributed by atoms with Crippen LogP contribution in [-0.2, 0) is 0 Å². The molecule has 1 aromatic heterocycles. The predicted octanol–water partition coefficient (Wildman–Crippen LogP) is 2.32. The molecule has 1 fully saturated rings. The fourth-order valence-corrected chi connectivity index (χ4v) is 2.31. The number of nitrogens with one attached hydrogen (secondary N) is 1. The summed E-state index contributed by atoms with van der Waals surface area (Å²) < 4.78 is 0. The Morgan fingerprint density at radius 2 is 2.29 bits per heavy atom. The number of rotatable bonds is 4. The molecule has 0 bridgehead atoms. The molecular formula is C11H14N2O3S. The van der Waals surface area contributed by atoms with Crippen LogP contribution in [0.1, 0.15) is 23.2 Å². The topological polar surface area (TPSA) is 69.6 Å². The van der Waals surface area contributed by atoms with Crippen molar-refractivity contribution in [2.45, 2.75) is 12.8 Å². The number of amides is 2. The standard InChI is InChI=1S/C11H14N2O3S/c1-13(6-7-2-3-7)11(16)12-9-8(10(14)15)4-5-17-9/h4-5,7H,2-3,6H2,1H3,(H,12,16)(H,14,15). The fourth-order valence-electron chi connectivity index (χ4n) is 1.54. The number of carboxylic acids is 1. The third-order valence-electron chi connectivity index (χ3n) is 2.69. The van der Waals surface area contributed by atoms with Gasteiger partial charge in [0, 0.05) is 13.6 Å². The Balaban J connectivity index is 1.96. The Bertz CT molecular complexity index is 440. The van der Waals surface area contributed by atoms with E-state index >= 15 is 0 Å². The lowest BCUT2D eigenvalue weighted by Crippen LogP contribution is -2.33. The van der Waals surface area contributed by atoms with Gasteiger partial charge in [-0.15, -0.1) is 11.3 Å². The highest BCUT2D eigenvalue weighted by atomic mass is 32.1. The molecule has 1 heterocycles. The van der Waals surface area contributed by atoms with Crippen LogP contribution >= 0.6 is 11.3 Å². The summed E-state index contributed by atoms with van der Waals surface area (Å²) in [6, 6.07) is 1.24. The van der Waals surface area contributed by atoms with E-state index in [4.69, 9.17) is 5.11 Å². The zero-order chi connectivity index (χ0) is 12.4. The third kappa shape index (κ3) is 2.97. The highest BCUT2D eigenvalue weighted by Gasteiger charge is 2.25. The Kier molecular flexibility index (Phi) is 3.33. The Morgan fingerprint density at radius 3 is 2.88 bits per heavy atom. The van der Waals surface area contributed by atoms with Gasteiger partial charge in [0.1, 0.15) is 5.00 Å². The van der Waals surface area contributed by atoms with Crippen molar-refractivity contribution in [2.75, 3.05) is 18.9 Å². The maximum Gasteiger partial charge on any atom is 0.338 e. The number of hydrogen-bond acceptors (Lipinski definition) is 3. The van der Waals surface area contributed by atoms with E-state index in [1.54, 1.807) is 17.3 Å². The van der Waals surface area contributed by atoms with E-state index in [-0.39, 0.29) is 11.6 Å². The lowest BCUT2D eigenvalue weighted by molar-refractivity contribution is 0.0698. The van der Waals surface area contributed by atoms with E-state index in [2.05, 4.69) is 5.32 Å². The van der Waals surface area contributed by atoms with Crippen molar-refractivity contribution in [1.29, 1.82) is 0 Å². The van der Waals surface area contributed by atoms with Crippen LogP contribution in [0, 0.1) is 5.92 Å². The predicted molar refractivity (Wildman–Crippen MR) is 65.7 cm³/mol. The molecule has 0 atom stereocenters. The van der Waals surface area contributed by atoms with Gasteiger partial charge in [-0.25, -0.2) is 9.59 Å². The zero-order valence-electron chi connectivity index (χ0n) is 9.47. The summed E-state index contributed by atoms with van der Waals surface area (Å²) in [5.74, 6) is -0.403. The van der Waals surface area contributed by atoms with Crippen molar-refractivity contribution in [2.24, 2.45) is 5.92 Å². The Hall–Kier alpha value is -1.56. The smallest absolute Gasteiger partial charge is 0.338 e. The van der Waals surface area contributed by atoms with Crippen LogP contribution in [0.15, 0.2) is 11.4 Å². The van der Waals surface area contributed by atoms with Gasteiger partial charge in [0.15, 0.2) is 0 Å². The molecule has 17 heavy (non-hydrogen) atoms. The minimum atomic E-state index is -1.02. The first-order valence-electron chi connectivity index (χ1n) is 5.41. The van der Waals surface area contributed by atoms with Gasteiger partial charge in [0.05, 0.1) is 5.56 Å². The highest BCUT2D eigenvalue weighted by molar-refractivity contribution is 7.14. The van der Waals surface area contributed by atoms with Crippen LogP contribution in [-0.4, -0.2) is 35.6 Å². The lowest BCUT2D eigenvalue weighted by atomic mass is 10.3. The molecule has 1 aromatic rings. The third-order valence-corrected chi connectivity index (χ3v) is 3.52. The van der Waals surface area contributed by atoms with E-state index in [0.29, 0.717) is 10.9 Å². The average Bonchev–Trinajstić information content (AvgIpc) is 2.94. The number of carbonyl (C=O) groups excluding carboxylic acids is 1. The first-order valence-corrected chi connectivity index (χ1v) is 6.29. The minimum absolute atomic E-state index is 0.142. The number of hydrogen-bond donors (Lipinski definition) is 2. The van der Waals surface area contributed by atoms with Crippen LogP contribution in [0.4, 0.5) is 9.80 Å². The van der Waals surface area contributed by atoms with Crippen LogP contribution in [0.3, 0.4) is 0 Å². The normalized spacial score (nSPS) is 14.4.